The largest absolute Gasteiger partial charge is 0.454 e. The first-order chi connectivity index (χ1) is 17.2. The third kappa shape index (κ3) is 3.26. The molecule has 8 atom stereocenters. The molecule has 3 fully saturated rings. The number of hydrogen-bond donors (Lipinski definition) is 1. The van der Waals surface area contributed by atoms with Crippen molar-refractivity contribution in [3.05, 3.63) is 35.7 Å². The van der Waals surface area contributed by atoms with E-state index in [1.807, 2.05) is 26.0 Å². The first-order valence-corrected chi connectivity index (χ1v) is 13.2. The van der Waals surface area contributed by atoms with Crippen LogP contribution in [0.3, 0.4) is 0 Å². The summed E-state index contributed by atoms with van der Waals surface area (Å²) in [6, 6.07) is -0.0288. The Balaban J connectivity index is 1.52. The number of ketones is 1. The molecule has 4 aliphatic carbocycles. The quantitative estimate of drug-likeness (QED) is 0.603. The lowest BCUT2D eigenvalue weighted by molar-refractivity contribution is -0.301. The van der Waals surface area contributed by atoms with E-state index in [2.05, 4.69) is 18.8 Å². The highest BCUT2D eigenvalue weighted by molar-refractivity contribution is 5.95. The van der Waals surface area contributed by atoms with Gasteiger partial charge >= 0.3 is 0 Å². The number of rotatable bonds is 4. The van der Waals surface area contributed by atoms with Gasteiger partial charge in [0.1, 0.15) is 6.10 Å². The third-order valence-electron chi connectivity index (χ3n) is 9.91. The van der Waals surface area contributed by atoms with E-state index in [4.69, 9.17) is 14.2 Å². The van der Waals surface area contributed by atoms with E-state index in [9.17, 15) is 18.7 Å². The Bertz CT molecular complexity index is 1200. The second-order valence-electron chi connectivity index (χ2n) is 12.7. The summed E-state index contributed by atoms with van der Waals surface area (Å²) < 4.78 is 46.5. The van der Waals surface area contributed by atoms with Crippen LogP contribution in [0.5, 0.6) is 6.01 Å². The van der Waals surface area contributed by atoms with Crippen molar-refractivity contribution in [3.8, 4) is 6.01 Å². The fourth-order valence-electron chi connectivity index (χ4n) is 8.11. The van der Waals surface area contributed by atoms with E-state index in [-0.39, 0.29) is 41.6 Å². The molecule has 1 aromatic rings. The number of halogens is 2. The highest BCUT2D eigenvalue weighted by Crippen LogP contribution is 2.72. The van der Waals surface area contributed by atoms with Crippen LogP contribution < -0.4 is 4.74 Å². The SMILES string of the molecule is CC1=C[C@]23C(=O)[C@@H](C=C4COC(C)(C)O[C@H]4[C@]2(O)[C@H]1Oc1nccn1CC(F)F)[C@H]1[C@@H](C[C@H]3C)C1(C)C. The average Bonchev–Trinajstić information content (AvgIpc) is 3.06. The van der Waals surface area contributed by atoms with Gasteiger partial charge in [-0.1, -0.05) is 32.9 Å². The van der Waals surface area contributed by atoms with Crippen LogP contribution in [-0.2, 0) is 20.8 Å². The summed E-state index contributed by atoms with van der Waals surface area (Å²) in [7, 11) is 0. The van der Waals surface area contributed by atoms with Gasteiger partial charge in [-0.2, -0.15) is 0 Å². The van der Waals surface area contributed by atoms with Crippen molar-refractivity contribution in [2.75, 3.05) is 6.61 Å². The molecule has 1 N–H and O–H groups in total. The monoisotopic (exact) mass is 518 g/mol. The lowest BCUT2D eigenvalue weighted by Gasteiger charge is -2.52. The van der Waals surface area contributed by atoms with Crippen LogP contribution in [0, 0.1) is 34.5 Å². The molecule has 37 heavy (non-hydrogen) atoms. The number of fused-ring (bicyclic) bond motifs is 5. The van der Waals surface area contributed by atoms with Gasteiger partial charge in [-0.25, -0.2) is 13.8 Å². The maximum atomic E-state index is 14.7. The molecule has 0 amide bonds. The molecule has 2 saturated carbocycles. The fourth-order valence-corrected chi connectivity index (χ4v) is 8.11. The van der Waals surface area contributed by atoms with E-state index < -0.39 is 42.0 Å². The number of aromatic nitrogens is 2. The minimum absolute atomic E-state index is 0.0220. The molecule has 1 aromatic heterocycles. The minimum Gasteiger partial charge on any atom is -0.454 e. The summed E-state index contributed by atoms with van der Waals surface area (Å²) in [6.45, 7) is 11.5. The predicted molar refractivity (Wildman–Crippen MR) is 130 cm³/mol. The molecule has 2 bridgehead atoms. The Morgan fingerprint density at radius 3 is 2.73 bits per heavy atom. The zero-order valence-electron chi connectivity index (χ0n) is 22.2. The molecule has 0 radical (unpaired) electrons. The Labute approximate surface area is 215 Å². The highest BCUT2D eigenvalue weighted by Gasteiger charge is 2.77. The second kappa shape index (κ2) is 7.73. The van der Waals surface area contributed by atoms with E-state index in [0.29, 0.717) is 11.5 Å². The van der Waals surface area contributed by atoms with Gasteiger partial charge in [-0.05, 0) is 61.5 Å². The maximum Gasteiger partial charge on any atom is 0.297 e. The number of carbonyl (C=O) groups is 1. The lowest BCUT2D eigenvalue weighted by atomic mass is 9.59. The Morgan fingerprint density at radius 2 is 2.03 bits per heavy atom. The Hall–Kier alpha value is -2.10. The van der Waals surface area contributed by atoms with Crippen molar-refractivity contribution in [1.29, 1.82) is 0 Å². The van der Waals surface area contributed by atoms with Crippen LogP contribution in [0.25, 0.3) is 0 Å². The first-order valence-electron chi connectivity index (χ1n) is 13.2. The van der Waals surface area contributed by atoms with Crippen molar-refractivity contribution in [3.63, 3.8) is 0 Å². The molecule has 1 aliphatic heterocycles. The standard InChI is InChI=1S/C28H36F2N2O5/c1-14-11-27-15(2)9-18-20(25(18,3)4)17(21(27)33)10-16-13-35-26(5,6)37-23(16)28(27,34)22(14)36-24-31-7-8-32(24)12-19(29)30/h7-8,10-11,15,17-20,22-23,34H,9,12-13H2,1-6H3/t15-,17+,18-,20+,22+,23-,27+,28-/m1/s1. The van der Waals surface area contributed by atoms with Crippen LogP contribution in [0.2, 0.25) is 0 Å². The van der Waals surface area contributed by atoms with Gasteiger partial charge in [0, 0.05) is 18.3 Å². The van der Waals surface area contributed by atoms with E-state index >= 15 is 0 Å². The van der Waals surface area contributed by atoms with E-state index in [1.165, 1.54) is 17.0 Å². The molecule has 1 spiro atoms. The summed E-state index contributed by atoms with van der Waals surface area (Å²) in [6.07, 6.45) is 2.97. The van der Waals surface area contributed by atoms with Crippen LogP contribution in [0.1, 0.15) is 48.0 Å². The molecule has 7 nitrogen and oxygen atoms in total. The van der Waals surface area contributed by atoms with Gasteiger partial charge < -0.3 is 19.3 Å². The van der Waals surface area contributed by atoms with Gasteiger partial charge in [0.05, 0.1) is 18.6 Å². The summed E-state index contributed by atoms with van der Waals surface area (Å²) >= 11 is 0. The molecule has 2 heterocycles. The smallest absolute Gasteiger partial charge is 0.297 e. The number of aliphatic hydroxyl groups is 1. The summed E-state index contributed by atoms with van der Waals surface area (Å²) in [5.74, 6) is -1.08. The van der Waals surface area contributed by atoms with Crippen molar-refractivity contribution in [2.24, 2.45) is 34.5 Å². The molecule has 1 saturated heterocycles. The van der Waals surface area contributed by atoms with Crippen LogP contribution >= 0.6 is 0 Å². The number of Topliss-reactive ketones (excluding diaryl/α,β-unsaturated/α-hetero) is 1. The predicted octanol–water partition coefficient (Wildman–Crippen LogP) is 4.16. The highest BCUT2D eigenvalue weighted by atomic mass is 19.3. The van der Waals surface area contributed by atoms with Crippen molar-refractivity contribution in [1.82, 2.24) is 9.55 Å². The van der Waals surface area contributed by atoms with Crippen LogP contribution in [-0.4, -0.2) is 57.1 Å². The zero-order chi connectivity index (χ0) is 26.7. The maximum absolute atomic E-state index is 14.7. The Kier molecular flexibility index (Phi) is 5.26. The summed E-state index contributed by atoms with van der Waals surface area (Å²) in [4.78, 5) is 18.8. The number of allylic oxidation sites excluding steroid dienone is 1. The number of hydrogen-bond acceptors (Lipinski definition) is 6. The minimum atomic E-state index is -2.60. The average molecular weight is 519 g/mol. The number of imidazole rings is 1. The summed E-state index contributed by atoms with van der Waals surface area (Å²) in [5, 5.41) is 13.0. The molecule has 6 rings (SSSR count). The van der Waals surface area contributed by atoms with Gasteiger partial charge in [-0.3, -0.25) is 9.36 Å². The normalized spacial score (nSPS) is 43.1. The van der Waals surface area contributed by atoms with Crippen LogP contribution in [0.15, 0.2) is 35.7 Å². The number of alkyl halides is 2. The van der Waals surface area contributed by atoms with E-state index in [0.717, 1.165) is 12.0 Å². The number of nitrogens with zero attached hydrogens (tertiary/aromatic N) is 2. The second-order valence-corrected chi connectivity index (χ2v) is 12.7. The fraction of sp³-hybridized carbons (Fsp3) is 0.714. The topological polar surface area (TPSA) is 82.8 Å². The first kappa shape index (κ1) is 25.2. The van der Waals surface area contributed by atoms with Gasteiger partial charge in [0.15, 0.2) is 23.3 Å². The van der Waals surface area contributed by atoms with Gasteiger partial charge in [-0.15, -0.1) is 0 Å². The van der Waals surface area contributed by atoms with Crippen molar-refractivity contribution in [2.45, 2.75) is 84.5 Å². The molecule has 5 aliphatic rings. The molecular weight excluding hydrogens is 482 g/mol. The lowest BCUT2D eigenvalue weighted by Crippen LogP contribution is -2.68. The number of carbonyl (C=O) groups excluding carboxylic acids is 1. The molecule has 0 unspecified atom stereocenters. The van der Waals surface area contributed by atoms with Gasteiger partial charge in [0.2, 0.25) is 0 Å². The number of ether oxygens (including phenoxy) is 3. The van der Waals surface area contributed by atoms with Crippen molar-refractivity contribution >= 4 is 5.78 Å². The molecule has 0 aromatic carbocycles. The third-order valence-corrected chi connectivity index (χ3v) is 9.91. The molecular formula is C28H36F2N2O5. The Morgan fingerprint density at radius 1 is 1.30 bits per heavy atom. The molecule has 202 valence electrons. The van der Waals surface area contributed by atoms with Gasteiger partial charge in [0.25, 0.3) is 12.4 Å². The summed E-state index contributed by atoms with van der Waals surface area (Å²) in [5.41, 5.74) is -1.68. The zero-order valence-corrected chi connectivity index (χ0v) is 22.2. The van der Waals surface area contributed by atoms with Crippen LogP contribution in [0.4, 0.5) is 8.78 Å². The van der Waals surface area contributed by atoms with E-state index in [1.54, 1.807) is 13.8 Å². The molecule has 9 heteroatoms. The van der Waals surface area contributed by atoms with Crippen molar-refractivity contribution < 1.29 is 32.9 Å².